The van der Waals surface area contributed by atoms with Crippen LogP contribution in [0.2, 0.25) is 0 Å². The first-order chi connectivity index (χ1) is 8.72. The van der Waals surface area contributed by atoms with E-state index in [1.54, 1.807) is 12.1 Å². The normalized spacial score (nSPS) is 17.9. The molecule has 0 amide bonds. The van der Waals surface area contributed by atoms with Gasteiger partial charge < -0.3 is 4.74 Å². The Hall–Kier alpha value is -0.610. The molecule has 4 heteroatoms. The van der Waals surface area contributed by atoms with Crippen LogP contribution in [0.1, 0.15) is 18.9 Å². The van der Waals surface area contributed by atoms with Gasteiger partial charge in [-0.15, -0.1) is 0 Å². The van der Waals surface area contributed by atoms with Gasteiger partial charge in [0.1, 0.15) is 17.7 Å². The van der Waals surface area contributed by atoms with Gasteiger partial charge in [0, 0.05) is 30.4 Å². The number of hydrogen-bond acceptors (Lipinski definition) is 2. The summed E-state index contributed by atoms with van der Waals surface area (Å²) in [6.07, 6.45) is 2.11. The van der Waals surface area contributed by atoms with Gasteiger partial charge in [0.05, 0.1) is 0 Å². The molecule has 1 unspecified atom stereocenters. The van der Waals surface area contributed by atoms with E-state index in [1.807, 2.05) is 0 Å². The number of alkyl halides is 1. The highest BCUT2D eigenvalue weighted by Crippen LogP contribution is 2.29. The number of ether oxygens (including phenoxy) is 1. The Morgan fingerprint density at radius 2 is 2.28 bits per heavy atom. The lowest BCUT2D eigenvalue weighted by Crippen LogP contribution is -2.36. The third-order valence-electron chi connectivity index (χ3n) is 3.17. The number of fused-ring (bicyclic) bond motifs is 1. The smallest absolute Gasteiger partial charge is 0.123 e. The van der Waals surface area contributed by atoms with Crippen LogP contribution in [0.5, 0.6) is 5.75 Å². The van der Waals surface area contributed by atoms with Gasteiger partial charge in [0.2, 0.25) is 0 Å². The van der Waals surface area contributed by atoms with E-state index in [0.717, 1.165) is 49.1 Å². The summed E-state index contributed by atoms with van der Waals surface area (Å²) >= 11 is 3.48. The Morgan fingerprint density at radius 3 is 3.00 bits per heavy atom. The van der Waals surface area contributed by atoms with Gasteiger partial charge >= 0.3 is 0 Å². The second kappa shape index (κ2) is 6.53. The molecule has 1 aliphatic heterocycles. The van der Waals surface area contributed by atoms with Crippen molar-refractivity contribution in [2.24, 2.45) is 0 Å². The maximum absolute atomic E-state index is 13.1. The van der Waals surface area contributed by atoms with E-state index in [4.69, 9.17) is 4.74 Å². The van der Waals surface area contributed by atoms with Crippen molar-refractivity contribution in [3.8, 4) is 5.75 Å². The highest BCUT2D eigenvalue weighted by Gasteiger charge is 2.24. The summed E-state index contributed by atoms with van der Waals surface area (Å²) in [4.78, 5) is 2.39. The molecule has 0 fully saturated rings. The SMILES string of the molecule is CCCN(CCBr)CC1Cc2cc(F)ccc2O1. The first-order valence-corrected chi connectivity index (χ1v) is 7.58. The molecule has 0 aromatic heterocycles. The lowest BCUT2D eigenvalue weighted by molar-refractivity contribution is 0.155. The standard InChI is InChI=1S/C14H19BrFNO/c1-2-6-17(7-5-15)10-13-9-11-8-12(16)3-4-14(11)18-13/h3-4,8,13H,2,5-7,9-10H2,1H3. The Labute approximate surface area is 116 Å². The van der Waals surface area contributed by atoms with Crippen molar-refractivity contribution in [2.75, 3.05) is 25.0 Å². The Bertz CT molecular complexity index is 393. The van der Waals surface area contributed by atoms with Crippen LogP contribution in [-0.2, 0) is 6.42 Å². The fourth-order valence-electron chi connectivity index (χ4n) is 2.41. The van der Waals surface area contributed by atoms with E-state index in [9.17, 15) is 4.39 Å². The van der Waals surface area contributed by atoms with Gasteiger partial charge in [0.25, 0.3) is 0 Å². The first-order valence-electron chi connectivity index (χ1n) is 6.46. The van der Waals surface area contributed by atoms with Crippen LogP contribution in [0, 0.1) is 5.82 Å². The molecule has 1 heterocycles. The number of rotatable bonds is 6. The average molecular weight is 316 g/mol. The summed E-state index contributed by atoms with van der Waals surface area (Å²) in [5.41, 5.74) is 0.996. The van der Waals surface area contributed by atoms with E-state index in [0.29, 0.717) is 0 Å². The first kappa shape index (κ1) is 13.8. The van der Waals surface area contributed by atoms with Gasteiger partial charge in [-0.25, -0.2) is 4.39 Å². The van der Waals surface area contributed by atoms with E-state index in [-0.39, 0.29) is 11.9 Å². The van der Waals surface area contributed by atoms with Crippen LogP contribution < -0.4 is 4.74 Å². The number of halogens is 2. The van der Waals surface area contributed by atoms with Gasteiger partial charge in [-0.2, -0.15) is 0 Å². The number of benzene rings is 1. The van der Waals surface area contributed by atoms with Gasteiger partial charge in [-0.05, 0) is 31.2 Å². The molecule has 0 spiro atoms. The van der Waals surface area contributed by atoms with Crippen molar-refractivity contribution in [1.82, 2.24) is 4.90 Å². The van der Waals surface area contributed by atoms with Crippen LogP contribution >= 0.6 is 15.9 Å². The molecule has 0 bridgehead atoms. The maximum Gasteiger partial charge on any atom is 0.123 e. The molecule has 1 aromatic carbocycles. The monoisotopic (exact) mass is 315 g/mol. The van der Waals surface area contributed by atoms with E-state index in [2.05, 4.69) is 27.8 Å². The third-order valence-corrected chi connectivity index (χ3v) is 3.52. The van der Waals surface area contributed by atoms with Crippen molar-refractivity contribution in [3.05, 3.63) is 29.6 Å². The minimum atomic E-state index is -0.177. The summed E-state index contributed by atoms with van der Waals surface area (Å²) in [6, 6.07) is 4.78. The van der Waals surface area contributed by atoms with Crippen molar-refractivity contribution in [1.29, 1.82) is 0 Å². The Morgan fingerprint density at radius 1 is 1.44 bits per heavy atom. The molecular formula is C14H19BrFNO. The highest BCUT2D eigenvalue weighted by atomic mass is 79.9. The van der Waals surface area contributed by atoms with Crippen molar-refractivity contribution < 1.29 is 9.13 Å². The van der Waals surface area contributed by atoms with Crippen LogP contribution in [0.15, 0.2) is 18.2 Å². The third kappa shape index (κ3) is 3.45. The van der Waals surface area contributed by atoms with Crippen LogP contribution in [-0.4, -0.2) is 36.0 Å². The summed E-state index contributed by atoms with van der Waals surface area (Å²) in [6.45, 7) is 5.20. The summed E-state index contributed by atoms with van der Waals surface area (Å²) in [7, 11) is 0. The molecule has 0 aliphatic carbocycles. The van der Waals surface area contributed by atoms with Crippen LogP contribution in [0.3, 0.4) is 0 Å². The quantitative estimate of drug-likeness (QED) is 0.747. The zero-order valence-corrected chi connectivity index (χ0v) is 12.2. The molecule has 1 aromatic rings. The Balaban J connectivity index is 1.93. The lowest BCUT2D eigenvalue weighted by atomic mass is 10.1. The van der Waals surface area contributed by atoms with Crippen LogP contribution in [0.4, 0.5) is 4.39 Å². The molecule has 0 radical (unpaired) electrons. The molecule has 100 valence electrons. The molecule has 0 saturated carbocycles. The van der Waals surface area contributed by atoms with Crippen molar-refractivity contribution >= 4 is 15.9 Å². The molecule has 0 N–H and O–H groups in total. The molecule has 0 saturated heterocycles. The zero-order chi connectivity index (χ0) is 13.0. The van der Waals surface area contributed by atoms with Crippen molar-refractivity contribution in [2.45, 2.75) is 25.9 Å². The fraction of sp³-hybridized carbons (Fsp3) is 0.571. The summed E-state index contributed by atoms with van der Waals surface area (Å²) in [5.74, 6) is 0.667. The maximum atomic E-state index is 13.1. The fourth-order valence-corrected chi connectivity index (χ4v) is 2.91. The predicted molar refractivity (Wildman–Crippen MR) is 75.0 cm³/mol. The lowest BCUT2D eigenvalue weighted by Gasteiger charge is -2.23. The summed E-state index contributed by atoms with van der Waals surface area (Å²) in [5, 5.41) is 0.974. The topological polar surface area (TPSA) is 12.5 Å². The Kier molecular flexibility index (Phi) is 5.01. The highest BCUT2D eigenvalue weighted by molar-refractivity contribution is 9.09. The van der Waals surface area contributed by atoms with Gasteiger partial charge in [-0.3, -0.25) is 4.90 Å². The molecule has 1 aliphatic rings. The summed E-state index contributed by atoms with van der Waals surface area (Å²) < 4.78 is 19.0. The average Bonchev–Trinajstić information content (AvgIpc) is 2.71. The minimum Gasteiger partial charge on any atom is -0.488 e. The van der Waals surface area contributed by atoms with Gasteiger partial charge in [-0.1, -0.05) is 22.9 Å². The largest absolute Gasteiger partial charge is 0.488 e. The van der Waals surface area contributed by atoms with Crippen molar-refractivity contribution in [3.63, 3.8) is 0 Å². The van der Waals surface area contributed by atoms with E-state index in [1.165, 1.54) is 6.07 Å². The number of hydrogen-bond donors (Lipinski definition) is 0. The zero-order valence-electron chi connectivity index (χ0n) is 10.7. The minimum absolute atomic E-state index is 0.160. The number of nitrogens with zero attached hydrogens (tertiary/aromatic N) is 1. The van der Waals surface area contributed by atoms with E-state index >= 15 is 0 Å². The molecular weight excluding hydrogens is 297 g/mol. The second-order valence-corrected chi connectivity index (χ2v) is 5.48. The van der Waals surface area contributed by atoms with Gasteiger partial charge in [0.15, 0.2) is 0 Å². The molecule has 2 rings (SSSR count). The second-order valence-electron chi connectivity index (χ2n) is 4.69. The van der Waals surface area contributed by atoms with Crippen LogP contribution in [0.25, 0.3) is 0 Å². The molecule has 1 atom stereocenters. The predicted octanol–water partition coefficient (Wildman–Crippen LogP) is 3.24. The van der Waals surface area contributed by atoms with E-state index < -0.39 is 0 Å². The molecule has 2 nitrogen and oxygen atoms in total. The molecule has 18 heavy (non-hydrogen) atoms.